The number of hydrogen-bond donors (Lipinski definition) is 2. The Kier molecular flexibility index (Phi) is 6.90. The van der Waals surface area contributed by atoms with Crippen LogP contribution in [0.15, 0.2) is 79.0 Å². The fourth-order valence-corrected chi connectivity index (χ4v) is 5.51. The van der Waals surface area contributed by atoms with Gasteiger partial charge in [-0.1, -0.05) is 12.1 Å². The van der Waals surface area contributed by atoms with E-state index in [1.165, 1.54) is 13.0 Å². The molecule has 4 aromatic rings. The number of hydrogen-bond acceptors (Lipinski definition) is 3. The Hall–Kier alpha value is -4.18. The maximum absolute atomic E-state index is 13.5. The predicted octanol–water partition coefficient (Wildman–Crippen LogP) is 6.64. The summed E-state index contributed by atoms with van der Waals surface area (Å²) in [4.78, 5) is 18.0. The first kappa shape index (κ1) is 26.4. The summed E-state index contributed by atoms with van der Waals surface area (Å²) in [7, 11) is 0. The highest BCUT2D eigenvalue weighted by Gasteiger charge is 2.42. The van der Waals surface area contributed by atoms with Gasteiger partial charge in [-0.25, -0.2) is 0 Å². The number of aromatic nitrogens is 2. The van der Waals surface area contributed by atoms with E-state index in [1.807, 2.05) is 59.7 Å². The Bertz CT molecular complexity index is 1530. The van der Waals surface area contributed by atoms with Crippen molar-refractivity contribution in [2.45, 2.75) is 39.0 Å². The highest BCUT2D eigenvalue weighted by atomic mass is 32.1. The number of amides is 1. The van der Waals surface area contributed by atoms with Gasteiger partial charge in [0.25, 0.3) is 0 Å². The SMILES string of the molecule is CC(=O)Nc1ccc(N2C(=S)N[C@H](c3ccccn3)[C@H]2c2cc(C)n(-c3cccc(C(F)(F)F)c3)c2C)cc1. The molecular weight excluding hydrogens is 523 g/mol. The number of aryl methyl sites for hydroxylation is 1. The molecule has 1 amide bonds. The van der Waals surface area contributed by atoms with Gasteiger partial charge in [-0.15, -0.1) is 0 Å². The first-order chi connectivity index (χ1) is 18.5. The number of pyridine rings is 1. The van der Waals surface area contributed by atoms with Gasteiger partial charge in [0.2, 0.25) is 5.91 Å². The number of nitrogens with zero attached hydrogens (tertiary/aromatic N) is 3. The van der Waals surface area contributed by atoms with E-state index in [1.54, 1.807) is 24.4 Å². The van der Waals surface area contributed by atoms with Crippen LogP contribution in [-0.4, -0.2) is 20.6 Å². The number of anilines is 2. The summed E-state index contributed by atoms with van der Waals surface area (Å²) < 4.78 is 42.3. The molecule has 0 saturated carbocycles. The summed E-state index contributed by atoms with van der Waals surface area (Å²) in [6.07, 6.45) is -2.73. The van der Waals surface area contributed by atoms with Crippen LogP contribution >= 0.6 is 12.2 Å². The first-order valence-corrected chi connectivity index (χ1v) is 12.7. The zero-order valence-corrected chi connectivity index (χ0v) is 22.3. The van der Waals surface area contributed by atoms with Crippen LogP contribution in [0.1, 0.15) is 47.2 Å². The molecule has 2 aromatic heterocycles. The van der Waals surface area contributed by atoms with E-state index in [-0.39, 0.29) is 18.0 Å². The van der Waals surface area contributed by atoms with Crippen molar-refractivity contribution in [1.82, 2.24) is 14.9 Å². The number of rotatable bonds is 5. The standard InChI is InChI=1S/C29H26F3N5OS/c1-17-15-24(18(2)36(17)23-8-6-7-20(16-23)29(30,31)32)27-26(25-9-4-5-14-33-25)35-28(39)37(27)22-12-10-21(11-13-22)34-19(3)38/h4-16,26-27H,1-3H3,(H,34,38)(H,35,39)/t26-,27-/m1/s1. The number of benzene rings is 2. The lowest BCUT2D eigenvalue weighted by atomic mass is 9.96. The molecule has 1 saturated heterocycles. The first-order valence-electron chi connectivity index (χ1n) is 12.3. The van der Waals surface area contributed by atoms with E-state index >= 15 is 0 Å². The zero-order valence-electron chi connectivity index (χ0n) is 21.5. The van der Waals surface area contributed by atoms with E-state index in [4.69, 9.17) is 12.2 Å². The van der Waals surface area contributed by atoms with E-state index in [0.29, 0.717) is 16.5 Å². The number of carbonyl (C=O) groups is 1. The van der Waals surface area contributed by atoms with Crippen molar-refractivity contribution in [2.75, 3.05) is 10.2 Å². The molecule has 5 rings (SSSR count). The lowest BCUT2D eigenvalue weighted by Crippen LogP contribution is -2.29. The Labute approximate surface area is 229 Å². The van der Waals surface area contributed by atoms with Crippen LogP contribution < -0.4 is 15.5 Å². The highest BCUT2D eigenvalue weighted by Crippen LogP contribution is 2.44. The van der Waals surface area contributed by atoms with Crippen LogP contribution in [-0.2, 0) is 11.0 Å². The van der Waals surface area contributed by atoms with Crippen LogP contribution in [0.25, 0.3) is 5.69 Å². The molecule has 6 nitrogen and oxygen atoms in total. The maximum atomic E-state index is 13.5. The van der Waals surface area contributed by atoms with Gasteiger partial charge in [-0.05, 0) is 92.3 Å². The van der Waals surface area contributed by atoms with Gasteiger partial charge in [0.15, 0.2) is 5.11 Å². The fraction of sp³-hybridized carbons (Fsp3) is 0.207. The van der Waals surface area contributed by atoms with Crippen molar-refractivity contribution in [3.63, 3.8) is 0 Å². The summed E-state index contributed by atoms with van der Waals surface area (Å²) >= 11 is 5.80. The molecule has 2 aromatic carbocycles. The largest absolute Gasteiger partial charge is 0.416 e. The third-order valence-corrected chi connectivity index (χ3v) is 7.10. The Morgan fingerprint density at radius 2 is 1.74 bits per heavy atom. The number of alkyl halides is 3. The molecule has 200 valence electrons. The Morgan fingerprint density at radius 1 is 1.00 bits per heavy atom. The topological polar surface area (TPSA) is 62.2 Å². The van der Waals surface area contributed by atoms with Crippen molar-refractivity contribution >= 4 is 34.6 Å². The van der Waals surface area contributed by atoms with Gasteiger partial charge in [0, 0.05) is 41.6 Å². The summed E-state index contributed by atoms with van der Waals surface area (Å²) in [6.45, 7) is 5.22. The summed E-state index contributed by atoms with van der Waals surface area (Å²) in [5, 5.41) is 6.66. The van der Waals surface area contributed by atoms with Crippen molar-refractivity contribution in [1.29, 1.82) is 0 Å². The number of thiocarbonyl (C=S) groups is 1. The van der Waals surface area contributed by atoms with Crippen molar-refractivity contribution in [2.24, 2.45) is 0 Å². The van der Waals surface area contributed by atoms with Gasteiger partial charge >= 0.3 is 6.18 Å². The molecule has 3 heterocycles. The number of nitrogens with one attached hydrogen (secondary N) is 2. The molecular formula is C29H26F3N5OS. The molecule has 39 heavy (non-hydrogen) atoms. The zero-order chi connectivity index (χ0) is 27.9. The average molecular weight is 550 g/mol. The van der Waals surface area contributed by atoms with Crippen LogP contribution in [0, 0.1) is 13.8 Å². The van der Waals surface area contributed by atoms with Crippen LogP contribution in [0.2, 0.25) is 0 Å². The molecule has 1 aliphatic heterocycles. The molecule has 2 N–H and O–H groups in total. The smallest absolute Gasteiger partial charge is 0.351 e. The second-order valence-corrected chi connectivity index (χ2v) is 9.82. The lowest BCUT2D eigenvalue weighted by molar-refractivity contribution is -0.137. The lowest BCUT2D eigenvalue weighted by Gasteiger charge is -2.28. The van der Waals surface area contributed by atoms with Crippen LogP contribution in [0.5, 0.6) is 0 Å². The molecule has 10 heteroatoms. The summed E-state index contributed by atoms with van der Waals surface area (Å²) in [6, 6.07) is 19.7. The van der Waals surface area contributed by atoms with Crippen LogP contribution in [0.3, 0.4) is 0 Å². The van der Waals surface area contributed by atoms with E-state index in [9.17, 15) is 18.0 Å². The van der Waals surface area contributed by atoms with Gasteiger partial charge in [0.05, 0.1) is 23.3 Å². The third-order valence-electron chi connectivity index (χ3n) is 6.78. The van der Waals surface area contributed by atoms with Gasteiger partial charge in [-0.3, -0.25) is 9.78 Å². The molecule has 2 atom stereocenters. The second-order valence-electron chi connectivity index (χ2n) is 9.43. The number of halogens is 3. The Morgan fingerprint density at radius 3 is 2.38 bits per heavy atom. The van der Waals surface area contributed by atoms with Gasteiger partial charge in [0.1, 0.15) is 0 Å². The predicted molar refractivity (Wildman–Crippen MR) is 149 cm³/mol. The van der Waals surface area contributed by atoms with E-state index in [2.05, 4.69) is 15.6 Å². The fourth-order valence-electron chi connectivity index (χ4n) is 5.16. The van der Waals surface area contributed by atoms with Crippen molar-refractivity contribution in [3.8, 4) is 5.69 Å². The molecule has 1 fully saturated rings. The van der Waals surface area contributed by atoms with E-state index in [0.717, 1.165) is 40.5 Å². The normalized spacial score (nSPS) is 17.3. The average Bonchev–Trinajstić information content (AvgIpc) is 3.39. The van der Waals surface area contributed by atoms with Gasteiger partial charge < -0.3 is 20.1 Å². The molecule has 1 aliphatic rings. The van der Waals surface area contributed by atoms with Gasteiger partial charge in [-0.2, -0.15) is 13.2 Å². The minimum atomic E-state index is -4.44. The molecule has 0 bridgehead atoms. The van der Waals surface area contributed by atoms with Crippen molar-refractivity contribution in [3.05, 3.63) is 107 Å². The minimum Gasteiger partial charge on any atom is -0.351 e. The molecule has 0 aliphatic carbocycles. The minimum absolute atomic E-state index is 0.170. The molecule has 0 radical (unpaired) electrons. The number of carbonyl (C=O) groups excluding carboxylic acids is 1. The summed E-state index contributed by atoms with van der Waals surface area (Å²) in [5.74, 6) is -0.170. The highest BCUT2D eigenvalue weighted by molar-refractivity contribution is 7.80. The second kappa shape index (κ2) is 10.2. The third kappa shape index (κ3) is 5.12. The van der Waals surface area contributed by atoms with Crippen LogP contribution in [0.4, 0.5) is 24.5 Å². The molecule has 0 unspecified atom stereocenters. The maximum Gasteiger partial charge on any atom is 0.416 e. The van der Waals surface area contributed by atoms with E-state index < -0.39 is 11.7 Å². The summed E-state index contributed by atoms with van der Waals surface area (Å²) in [5.41, 5.74) is 4.46. The monoisotopic (exact) mass is 549 g/mol. The molecule has 0 spiro atoms. The Balaban J connectivity index is 1.63. The van der Waals surface area contributed by atoms with Crippen molar-refractivity contribution < 1.29 is 18.0 Å². The quantitative estimate of drug-likeness (QED) is 0.273.